The van der Waals surface area contributed by atoms with Crippen LogP contribution in [0.25, 0.3) is 0 Å². The molecule has 0 unspecified atom stereocenters. The van der Waals surface area contributed by atoms with Crippen LogP contribution in [0.4, 0.5) is 5.69 Å². The molecule has 2 rings (SSSR count). The minimum Gasteiger partial charge on any atom is -0.497 e. The zero-order valence-electron chi connectivity index (χ0n) is 19.2. The summed E-state index contributed by atoms with van der Waals surface area (Å²) in [6.45, 7) is 2.00. The monoisotopic (exact) mass is 495 g/mol. The summed E-state index contributed by atoms with van der Waals surface area (Å²) in [5.74, 6) is -0.00244. The fourth-order valence-electron chi connectivity index (χ4n) is 3.35. The molecular weight excluding hydrogens is 466 g/mol. The summed E-state index contributed by atoms with van der Waals surface area (Å²) in [5, 5.41) is 3.15. The topological polar surface area (TPSA) is 96.0 Å². The number of sulfonamides is 1. The van der Waals surface area contributed by atoms with E-state index in [9.17, 15) is 18.0 Å². The number of benzene rings is 2. The molecular formula is C23H30ClN3O5S. The van der Waals surface area contributed by atoms with Gasteiger partial charge >= 0.3 is 0 Å². The van der Waals surface area contributed by atoms with Gasteiger partial charge in [-0.15, -0.1) is 0 Å². The van der Waals surface area contributed by atoms with Gasteiger partial charge < -0.3 is 15.0 Å². The first-order valence-electron chi connectivity index (χ1n) is 10.4. The van der Waals surface area contributed by atoms with Crippen LogP contribution in [0.15, 0.2) is 48.5 Å². The van der Waals surface area contributed by atoms with Gasteiger partial charge in [0.2, 0.25) is 21.8 Å². The van der Waals surface area contributed by atoms with Crippen molar-refractivity contribution in [1.82, 2.24) is 10.2 Å². The average molecular weight is 496 g/mol. The smallest absolute Gasteiger partial charge is 0.242 e. The predicted molar refractivity (Wildman–Crippen MR) is 130 cm³/mol. The second-order valence-corrected chi connectivity index (χ2v) is 9.92. The van der Waals surface area contributed by atoms with Crippen LogP contribution in [0, 0.1) is 0 Å². The number of hydrogen-bond donors (Lipinski definition) is 1. The first-order chi connectivity index (χ1) is 15.6. The van der Waals surface area contributed by atoms with Crippen LogP contribution in [-0.4, -0.2) is 58.1 Å². The Morgan fingerprint density at radius 2 is 1.82 bits per heavy atom. The second-order valence-electron chi connectivity index (χ2n) is 7.58. The van der Waals surface area contributed by atoms with E-state index in [0.717, 1.165) is 11.8 Å². The van der Waals surface area contributed by atoms with Crippen LogP contribution >= 0.6 is 11.6 Å². The summed E-state index contributed by atoms with van der Waals surface area (Å²) >= 11 is 5.94. The summed E-state index contributed by atoms with van der Waals surface area (Å²) in [6, 6.07) is 13.1. The van der Waals surface area contributed by atoms with Gasteiger partial charge in [0.1, 0.15) is 11.8 Å². The van der Waals surface area contributed by atoms with Crippen LogP contribution < -0.4 is 14.4 Å². The van der Waals surface area contributed by atoms with Gasteiger partial charge in [-0.1, -0.05) is 29.8 Å². The highest BCUT2D eigenvalue weighted by Crippen LogP contribution is 2.24. The van der Waals surface area contributed by atoms with Crippen molar-refractivity contribution in [1.29, 1.82) is 0 Å². The predicted octanol–water partition coefficient (Wildman–Crippen LogP) is 3.06. The number of likely N-dealkylation sites (N-methyl/N-ethyl adjacent to an activating group) is 1. The molecule has 8 nitrogen and oxygen atoms in total. The highest BCUT2D eigenvalue weighted by molar-refractivity contribution is 7.92. The Labute approximate surface area is 200 Å². The quantitative estimate of drug-likeness (QED) is 0.517. The summed E-state index contributed by atoms with van der Waals surface area (Å²) < 4.78 is 31.2. The van der Waals surface area contributed by atoms with Crippen LogP contribution in [0.2, 0.25) is 5.02 Å². The third-order valence-electron chi connectivity index (χ3n) is 5.17. The van der Waals surface area contributed by atoms with Gasteiger partial charge in [0.05, 0.1) is 19.1 Å². The van der Waals surface area contributed by atoms with E-state index in [2.05, 4.69) is 5.32 Å². The molecule has 0 bridgehead atoms. The zero-order valence-corrected chi connectivity index (χ0v) is 20.8. The molecule has 0 radical (unpaired) electrons. The number of carbonyl (C=O) groups excluding carboxylic acids is 2. The molecule has 0 aliphatic heterocycles. The molecule has 0 spiro atoms. The SMILES string of the molecule is CNC(=O)[C@@H](C)N(Cc1ccc(Cl)cc1)C(=O)CCCN(c1cccc(OC)c1)S(C)(=O)=O. The molecule has 0 saturated carbocycles. The van der Waals surface area contributed by atoms with E-state index in [0.29, 0.717) is 16.5 Å². The third kappa shape index (κ3) is 7.64. The van der Waals surface area contributed by atoms with E-state index < -0.39 is 16.1 Å². The third-order valence-corrected chi connectivity index (χ3v) is 6.62. The van der Waals surface area contributed by atoms with E-state index in [4.69, 9.17) is 16.3 Å². The number of rotatable bonds is 11. The number of carbonyl (C=O) groups is 2. The van der Waals surface area contributed by atoms with Crippen LogP contribution in [0.5, 0.6) is 5.75 Å². The van der Waals surface area contributed by atoms with Crippen LogP contribution in [-0.2, 0) is 26.2 Å². The summed E-state index contributed by atoms with van der Waals surface area (Å²) in [5.41, 5.74) is 1.29. The number of anilines is 1. The summed E-state index contributed by atoms with van der Waals surface area (Å²) in [6.07, 6.45) is 1.47. The van der Waals surface area contributed by atoms with Crippen LogP contribution in [0.1, 0.15) is 25.3 Å². The molecule has 0 saturated heterocycles. The molecule has 1 N–H and O–H groups in total. The fourth-order valence-corrected chi connectivity index (χ4v) is 4.43. The van der Waals surface area contributed by atoms with E-state index in [-0.39, 0.29) is 37.7 Å². The molecule has 1 atom stereocenters. The molecule has 180 valence electrons. The Morgan fingerprint density at radius 3 is 2.39 bits per heavy atom. The maximum atomic E-state index is 13.1. The van der Waals surface area contributed by atoms with Gasteiger partial charge in [0.15, 0.2) is 0 Å². The maximum Gasteiger partial charge on any atom is 0.242 e. The van der Waals surface area contributed by atoms with Crippen molar-refractivity contribution in [2.45, 2.75) is 32.4 Å². The molecule has 10 heteroatoms. The Kier molecular flexibility index (Phi) is 9.55. The minimum absolute atomic E-state index is 0.0743. The van der Waals surface area contributed by atoms with Gasteiger partial charge in [-0.2, -0.15) is 0 Å². The Bertz CT molecular complexity index is 1060. The standard InChI is InChI=1S/C23H30ClN3O5S/c1-17(23(29)25-2)26(16-18-10-12-19(24)13-11-18)22(28)9-6-14-27(33(4,30)31)20-7-5-8-21(15-20)32-3/h5,7-8,10-13,15,17H,6,9,14,16H2,1-4H3,(H,25,29)/t17-/m1/s1. The number of ether oxygens (including phenoxy) is 1. The van der Waals surface area contributed by atoms with Gasteiger partial charge in [-0.25, -0.2) is 8.42 Å². The van der Waals surface area contributed by atoms with Gasteiger partial charge in [-0.3, -0.25) is 13.9 Å². The van der Waals surface area contributed by atoms with Crippen molar-refractivity contribution in [3.05, 3.63) is 59.1 Å². The largest absolute Gasteiger partial charge is 0.497 e. The maximum absolute atomic E-state index is 13.1. The van der Waals surface area contributed by atoms with E-state index in [1.165, 1.54) is 23.4 Å². The Hall–Kier alpha value is -2.78. The first kappa shape index (κ1) is 26.5. The lowest BCUT2D eigenvalue weighted by Gasteiger charge is -2.29. The molecule has 0 aliphatic rings. The lowest BCUT2D eigenvalue weighted by Crippen LogP contribution is -2.46. The zero-order chi connectivity index (χ0) is 24.6. The molecule has 2 aromatic carbocycles. The molecule has 2 aromatic rings. The normalized spacial score (nSPS) is 12.0. The van der Waals surface area contributed by atoms with Crippen molar-refractivity contribution in [2.24, 2.45) is 0 Å². The Balaban J connectivity index is 2.14. The molecule has 0 aliphatic carbocycles. The molecule has 0 heterocycles. The van der Waals surface area contributed by atoms with Crippen molar-refractivity contribution in [3.63, 3.8) is 0 Å². The lowest BCUT2D eigenvalue weighted by atomic mass is 10.1. The molecule has 0 aromatic heterocycles. The lowest BCUT2D eigenvalue weighted by molar-refractivity contribution is -0.140. The average Bonchev–Trinajstić information content (AvgIpc) is 2.79. The first-order valence-corrected chi connectivity index (χ1v) is 12.7. The van der Waals surface area contributed by atoms with Crippen molar-refractivity contribution in [3.8, 4) is 5.75 Å². The van der Waals surface area contributed by atoms with Crippen molar-refractivity contribution in [2.75, 3.05) is 31.3 Å². The number of amides is 2. The van der Waals surface area contributed by atoms with E-state index >= 15 is 0 Å². The summed E-state index contributed by atoms with van der Waals surface area (Å²) in [7, 11) is -0.550. The highest BCUT2D eigenvalue weighted by atomic mass is 35.5. The number of hydrogen-bond acceptors (Lipinski definition) is 5. The fraction of sp³-hybridized carbons (Fsp3) is 0.391. The van der Waals surface area contributed by atoms with E-state index in [1.54, 1.807) is 55.5 Å². The number of nitrogens with zero attached hydrogens (tertiary/aromatic N) is 2. The summed E-state index contributed by atoms with van der Waals surface area (Å²) in [4.78, 5) is 26.8. The number of halogens is 1. The van der Waals surface area contributed by atoms with Crippen molar-refractivity contribution < 1.29 is 22.7 Å². The second kappa shape index (κ2) is 11.9. The van der Waals surface area contributed by atoms with E-state index in [1.807, 2.05) is 0 Å². The van der Waals surface area contributed by atoms with Gasteiger partial charge in [-0.05, 0) is 43.2 Å². The van der Waals surface area contributed by atoms with Gasteiger partial charge in [0, 0.05) is 37.6 Å². The molecule has 0 fully saturated rings. The number of methoxy groups -OCH3 is 1. The number of nitrogens with one attached hydrogen (secondary N) is 1. The highest BCUT2D eigenvalue weighted by Gasteiger charge is 2.26. The van der Waals surface area contributed by atoms with Crippen molar-refractivity contribution >= 4 is 39.1 Å². The van der Waals surface area contributed by atoms with Gasteiger partial charge in [0.25, 0.3) is 0 Å². The molecule has 2 amide bonds. The minimum atomic E-state index is -3.57. The van der Waals surface area contributed by atoms with Crippen LogP contribution in [0.3, 0.4) is 0 Å². The molecule has 33 heavy (non-hydrogen) atoms. The Morgan fingerprint density at radius 1 is 1.15 bits per heavy atom.